The highest BCUT2D eigenvalue weighted by Gasteiger charge is 2.00. The van der Waals surface area contributed by atoms with Crippen LogP contribution >= 0.6 is 0 Å². The summed E-state index contributed by atoms with van der Waals surface area (Å²) in [6.45, 7) is 0. The van der Waals surface area contributed by atoms with Gasteiger partial charge in [0, 0.05) is 5.56 Å². The summed E-state index contributed by atoms with van der Waals surface area (Å²) in [4.78, 5) is 20.7. The lowest BCUT2D eigenvalue weighted by atomic mass is 10.1. The first kappa shape index (κ1) is 10.9. The molecule has 1 rings (SSSR count). The van der Waals surface area contributed by atoms with Crippen molar-refractivity contribution in [1.82, 2.24) is 0 Å². The first-order valence-electron chi connectivity index (χ1n) is 4.15. The number of aldehydes is 1. The highest BCUT2D eigenvalue weighted by Crippen LogP contribution is 2.07. The lowest BCUT2D eigenvalue weighted by Crippen LogP contribution is -2.08. The molecule has 1 aromatic rings. The van der Waals surface area contributed by atoms with Crippen LogP contribution in [-0.4, -0.2) is 12.2 Å². The topological polar surface area (TPSA) is 60.2 Å². The van der Waals surface area contributed by atoms with E-state index in [0.29, 0.717) is 11.8 Å². The van der Waals surface area contributed by atoms with Crippen molar-refractivity contribution in [3.63, 3.8) is 0 Å². The number of carbonyl (C=O) groups excluding carboxylic acids is 2. The van der Waals surface area contributed by atoms with Crippen LogP contribution in [0.3, 0.4) is 0 Å². The van der Waals surface area contributed by atoms with E-state index in [9.17, 15) is 14.0 Å². The number of halogens is 1. The molecular weight excluding hydrogens is 197 g/mol. The molecule has 0 aliphatic heterocycles. The van der Waals surface area contributed by atoms with Crippen molar-refractivity contribution < 1.29 is 14.0 Å². The number of carbonyl (C=O) groups is 2. The summed E-state index contributed by atoms with van der Waals surface area (Å²) in [6, 6.07) is 3.97. The van der Waals surface area contributed by atoms with Crippen LogP contribution in [0.4, 0.5) is 4.39 Å². The fraction of sp³-hybridized carbons (Fsp3) is 0.0909. The number of rotatable bonds is 2. The van der Waals surface area contributed by atoms with E-state index in [1.54, 1.807) is 0 Å². The monoisotopic (exact) mass is 205 g/mol. The molecule has 0 atom stereocenters. The third-order valence-corrected chi connectivity index (χ3v) is 1.62. The van der Waals surface area contributed by atoms with E-state index in [-0.39, 0.29) is 12.0 Å². The quantitative estimate of drug-likeness (QED) is 0.575. The predicted octanol–water partition coefficient (Wildman–Crippen LogP) is 0.865. The van der Waals surface area contributed by atoms with E-state index < -0.39 is 11.7 Å². The molecule has 4 heteroatoms. The van der Waals surface area contributed by atoms with Gasteiger partial charge in [-0.25, -0.2) is 4.39 Å². The fourth-order valence-corrected chi connectivity index (χ4v) is 0.934. The minimum atomic E-state index is -0.629. The summed E-state index contributed by atoms with van der Waals surface area (Å²) in [7, 11) is 0. The van der Waals surface area contributed by atoms with Crippen LogP contribution in [0, 0.1) is 17.7 Å². The van der Waals surface area contributed by atoms with Gasteiger partial charge in [0.15, 0.2) is 6.29 Å². The Balaban J connectivity index is 2.87. The Morgan fingerprint density at radius 2 is 2.27 bits per heavy atom. The third kappa shape index (κ3) is 3.24. The number of amides is 1. The molecule has 1 aromatic carbocycles. The molecule has 15 heavy (non-hydrogen) atoms. The van der Waals surface area contributed by atoms with Gasteiger partial charge in [-0.05, 0) is 18.2 Å². The highest BCUT2D eigenvalue weighted by molar-refractivity contribution is 5.77. The molecule has 0 radical (unpaired) electrons. The zero-order valence-electron chi connectivity index (χ0n) is 7.79. The van der Waals surface area contributed by atoms with Crippen LogP contribution in [0.5, 0.6) is 0 Å². The molecule has 2 N–H and O–H groups in total. The zero-order valence-corrected chi connectivity index (χ0v) is 7.79. The van der Waals surface area contributed by atoms with Gasteiger partial charge in [0.25, 0.3) is 0 Å². The molecule has 76 valence electrons. The molecule has 0 heterocycles. The number of hydrogen-bond donors (Lipinski definition) is 1. The molecule has 0 aromatic heterocycles. The maximum atomic E-state index is 13.0. The molecule has 3 nitrogen and oxygen atoms in total. The minimum absolute atomic E-state index is 0.0181. The van der Waals surface area contributed by atoms with Gasteiger partial charge in [0.05, 0.1) is 12.0 Å². The largest absolute Gasteiger partial charge is 0.369 e. The molecule has 0 unspecified atom stereocenters. The number of nitrogens with two attached hydrogens (primary N) is 1. The van der Waals surface area contributed by atoms with Crippen LogP contribution in [0.25, 0.3) is 0 Å². The lowest BCUT2D eigenvalue weighted by molar-refractivity contribution is -0.117. The Bertz CT molecular complexity index is 457. The molecule has 0 saturated heterocycles. The van der Waals surface area contributed by atoms with Crippen molar-refractivity contribution in [1.29, 1.82) is 0 Å². The van der Waals surface area contributed by atoms with Gasteiger partial charge in [0.1, 0.15) is 5.82 Å². The van der Waals surface area contributed by atoms with Crippen molar-refractivity contribution in [2.45, 2.75) is 6.42 Å². The Labute approximate surface area is 86.1 Å². The summed E-state index contributed by atoms with van der Waals surface area (Å²) in [5.74, 6) is 3.88. The maximum absolute atomic E-state index is 13.0. The van der Waals surface area contributed by atoms with Crippen molar-refractivity contribution in [2.75, 3.05) is 0 Å². The molecule has 0 aliphatic rings. The maximum Gasteiger partial charge on any atom is 0.229 e. The number of hydrogen-bond acceptors (Lipinski definition) is 2. The lowest BCUT2D eigenvalue weighted by Gasteiger charge is -1.94. The Hall–Kier alpha value is -2.15. The second-order valence-corrected chi connectivity index (χ2v) is 2.80. The number of benzene rings is 1. The fourth-order valence-electron chi connectivity index (χ4n) is 0.934. The molecular formula is C11H8FNO2. The van der Waals surface area contributed by atoms with Gasteiger partial charge in [-0.3, -0.25) is 9.59 Å². The van der Waals surface area contributed by atoms with Crippen LogP contribution in [-0.2, 0) is 4.79 Å². The minimum Gasteiger partial charge on any atom is -0.369 e. The van der Waals surface area contributed by atoms with Gasteiger partial charge >= 0.3 is 0 Å². The summed E-state index contributed by atoms with van der Waals surface area (Å²) in [5.41, 5.74) is 5.25. The van der Waals surface area contributed by atoms with E-state index in [4.69, 9.17) is 5.73 Å². The first-order valence-corrected chi connectivity index (χ1v) is 4.15. The smallest absolute Gasteiger partial charge is 0.229 e. The summed E-state index contributed by atoms with van der Waals surface area (Å²) >= 11 is 0. The zero-order chi connectivity index (χ0) is 11.3. The molecule has 0 spiro atoms. The van der Waals surface area contributed by atoms with E-state index in [1.165, 1.54) is 12.1 Å². The van der Waals surface area contributed by atoms with Crippen molar-refractivity contribution in [2.24, 2.45) is 5.73 Å². The Morgan fingerprint density at radius 3 is 2.80 bits per heavy atom. The molecule has 0 saturated carbocycles. The van der Waals surface area contributed by atoms with E-state index in [0.717, 1.165) is 6.07 Å². The Kier molecular flexibility index (Phi) is 3.58. The SMILES string of the molecule is NC(=O)CC#Cc1ccc(C=O)c(F)c1. The van der Waals surface area contributed by atoms with Gasteiger partial charge in [-0.1, -0.05) is 11.8 Å². The molecule has 0 aliphatic carbocycles. The first-order chi connectivity index (χ1) is 7.13. The van der Waals surface area contributed by atoms with Crippen LogP contribution in [0.1, 0.15) is 22.3 Å². The van der Waals surface area contributed by atoms with Gasteiger partial charge < -0.3 is 5.73 Å². The average Bonchev–Trinajstić information content (AvgIpc) is 2.17. The standard InChI is InChI=1S/C11H8FNO2/c12-10-6-8(2-1-3-11(13)15)4-5-9(10)7-14/h4-7H,3H2,(H2,13,15). The number of primary amides is 1. The van der Waals surface area contributed by atoms with Crippen LogP contribution in [0.2, 0.25) is 0 Å². The predicted molar refractivity (Wildman–Crippen MR) is 52.5 cm³/mol. The summed E-state index contributed by atoms with van der Waals surface area (Å²) in [5, 5.41) is 0. The van der Waals surface area contributed by atoms with E-state index in [1.807, 2.05) is 0 Å². The average molecular weight is 205 g/mol. The van der Waals surface area contributed by atoms with Crippen molar-refractivity contribution in [3.05, 3.63) is 35.1 Å². The van der Waals surface area contributed by atoms with Crippen LogP contribution < -0.4 is 5.73 Å². The van der Waals surface area contributed by atoms with Crippen LogP contribution in [0.15, 0.2) is 18.2 Å². The van der Waals surface area contributed by atoms with Gasteiger partial charge in [-0.2, -0.15) is 0 Å². The molecule has 1 amide bonds. The molecule has 0 fully saturated rings. The van der Waals surface area contributed by atoms with Crippen molar-refractivity contribution in [3.8, 4) is 11.8 Å². The Morgan fingerprint density at radius 1 is 1.53 bits per heavy atom. The normalized spacial score (nSPS) is 8.87. The second kappa shape index (κ2) is 4.91. The van der Waals surface area contributed by atoms with E-state index in [2.05, 4.69) is 11.8 Å². The summed E-state index contributed by atoms with van der Waals surface area (Å²) in [6.07, 6.45) is 0.354. The molecule has 0 bridgehead atoms. The van der Waals surface area contributed by atoms with Gasteiger partial charge in [0.2, 0.25) is 5.91 Å². The van der Waals surface area contributed by atoms with Crippen molar-refractivity contribution >= 4 is 12.2 Å². The van der Waals surface area contributed by atoms with E-state index >= 15 is 0 Å². The highest BCUT2D eigenvalue weighted by atomic mass is 19.1. The third-order valence-electron chi connectivity index (χ3n) is 1.62. The van der Waals surface area contributed by atoms with Gasteiger partial charge in [-0.15, -0.1) is 0 Å². The summed E-state index contributed by atoms with van der Waals surface area (Å²) < 4.78 is 13.0. The second-order valence-electron chi connectivity index (χ2n) is 2.80.